The lowest BCUT2D eigenvalue weighted by Gasteiger charge is -2.26. The van der Waals surface area contributed by atoms with Crippen LogP contribution in [0.2, 0.25) is 0 Å². The van der Waals surface area contributed by atoms with Crippen LogP contribution >= 0.6 is 0 Å². The maximum atomic E-state index is 14.0. The molecule has 1 aromatic carbocycles. The van der Waals surface area contributed by atoms with Gasteiger partial charge in [-0.15, -0.1) is 0 Å². The highest BCUT2D eigenvalue weighted by molar-refractivity contribution is 5.63. The second-order valence-corrected chi connectivity index (χ2v) is 6.95. The second-order valence-electron chi connectivity index (χ2n) is 6.95. The van der Waals surface area contributed by atoms with Crippen molar-refractivity contribution >= 4 is 5.95 Å². The molecule has 1 aromatic heterocycles. The summed E-state index contributed by atoms with van der Waals surface area (Å²) in [4.78, 5) is 8.53. The number of benzene rings is 1. The van der Waals surface area contributed by atoms with E-state index in [1.807, 2.05) is 0 Å². The predicted octanol–water partition coefficient (Wildman–Crippen LogP) is 5.21. The first-order chi connectivity index (χ1) is 12.8. The second kappa shape index (κ2) is 8.10. The van der Waals surface area contributed by atoms with Crippen LogP contribution in [-0.4, -0.2) is 28.8 Å². The standard InChI is InChI=1S/C19H21F4N3O/c1-12-2-5-15(6-3-12)26-18-24-9-14(10-25-18)13-4-7-17(16(20)8-13)27-11-19(21,22)23/h4,7-10,12,15H,2-3,5-6,11H2,1H3,(H,24,25,26)/t12-,15-. The summed E-state index contributed by atoms with van der Waals surface area (Å²) in [7, 11) is 0. The van der Waals surface area contributed by atoms with Gasteiger partial charge >= 0.3 is 6.18 Å². The lowest BCUT2D eigenvalue weighted by atomic mass is 9.87. The molecule has 0 saturated heterocycles. The highest BCUT2D eigenvalue weighted by Crippen LogP contribution is 2.28. The Bertz CT molecular complexity index is 757. The Labute approximate surface area is 155 Å². The molecule has 0 radical (unpaired) electrons. The summed E-state index contributed by atoms with van der Waals surface area (Å²) in [5.41, 5.74) is 1.03. The molecule has 1 N–H and O–H groups in total. The molecule has 2 aromatic rings. The zero-order chi connectivity index (χ0) is 19.4. The molecule has 27 heavy (non-hydrogen) atoms. The van der Waals surface area contributed by atoms with Gasteiger partial charge in [-0.25, -0.2) is 14.4 Å². The van der Waals surface area contributed by atoms with E-state index in [1.165, 1.54) is 25.0 Å². The number of hydrogen-bond donors (Lipinski definition) is 1. The summed E-state index contributed by atoms with van der Waals surface area (Å²) in [6.45, 7) is 0.715. The van der Waals surface area contributed by atoms with E-state index < -0.39 is 24.3 Å². The number of hydrogen-bond acceptors (Lipinski definition) is 4. The molecular formula is C19H21F4N3O. The van der Waals surface area contributed by atoms with Crippen molar-refractivity contribution in [3.8, 4) is 16.9 Å². The Morgan fingerprint density at radius 1 is 1.07 bits per heavy atom. The van der Waals surface area contributed by atoms with Crippen LogP contribution in [0.15, 0.2) is 30.6 Å². The van der Waals surface area contributed by atoms with Gasteiger partial charge in [-0.05, 0) is 49.3 Å². The lowest BCUT2D eigenvalue weighted by molar-refractivity contribution is -0.153. The minimum Gasteiger partial charge on any atom is -0.481 e. The Kier molecular flexibility index (Phi) is 5.82. The molecule has 0 amide bonds. The van der Waals surface area contributed by atoms with Gasteiger partial charge in [0.15, 0.2) is 18.2 Å². The number of ether oxygens (including phenoxy) is 1. The van der Waals surface area contributed by atoms with E-state index >= 15 is 0 Å². The Morgan fingerprint density at radius 3 is 2.33 bits per heavy atom. The smallest absolute Gasteiger partial charge is 0.422 e. The van der Waals surface area contributed by atoms with Crippen molar-refractivity contribution in [3.63, 3.8) is 0 Å². The third kappa shape index (κ3) is 5.55. The van der Waals surface area contributed by atoms with Gasteiger partial charge in [-0.3, -0.25) is 0 Å². The largest absolute Gasteiger partial charge is 0.481 e. The first kappa shape index (κ1) is 19.4. The number of halogens is 4. The topological polar surface area (TPSA) is 47.0 Å². The average molecular weight is 383 g/mol. The van der Waals surface area contributed by atoms with E-state index in [0.29, 0.717) is 23.1 Å². The van der Waals surface area contributed by atoms with E-state index in [2.05, 4.69) is 26.9 Å². The summed E-state index contributed by atoms with van der Waals surface area (Å²) in [5, 5.41) is 3.31. The molecule has 0 aliphatic heterocycles. The molecule has 0 atom stereocenters. The van der Waals surface area contributed by atoms with Crippen molar-refractivity contribution in [3.05, 3.63) is 36.4 Å². The highest BCUT2D eigenvalue weighted by atomic mass is 19.4. The van der Waals surface area contributed by atoms with E-state index in [-0.39, 0.29) is 0 Å². The third-order valence-corrected chi connectivity index (χ3v) is 4.66. The lowest BCUT2D eigenvalue weighted by Crippen LogP contribution is -2.26. The molecule has 0 spiro atoms. The predicted molar refractivity (Wildman–Crippen MR) is 94.0 cm³/mol. The average Bonchev–Trinajstić information content (AvgIpc) is 2.62. The van der Waals surface area contributed by atoms with Crippen molar-refractivity contribution in [2.24, 2.45) is 5.92 Å². The number of aromatic nitrogens is 2. The highest BCUT2D eigenvalue weighted by Gasteiger charge is 2.29. The molecule has 1 aliphatic carbocycles. The zero-order valence-corrected chi connectivity index (χ0v) is 14.9. The minimum absolute atomic E-state index is 0.356. The summed E-state index contributed by atoms with van der Waals surface area (Å²) in [6.07, 6.45) is 3.12. The van der Waals surface area contributed by atoms with Crippen LogP contribution in [0.4, 0.5) is 23.5 Å². The number of anilines is 1. The zero-order valence-electron chi connectivity index (χ0n) is 14.9. The van der Waals surface area contributed by atoms with Crippen molar-refractivity contribution in [2.75, 3.05) is 11.9 Å². The number of nitrogens with zero attached hydrogens (tertiary/aromatic N) is 2. The van der Waals surface area contributed by atoms with Gasteiger partial charge in [-0.2, -0.15) is 13.2 Å². The third-order valence-electron chi connectivity index (χ3n) is 4.66. The van der Waals surface area contributed by atoms with Crippen LogP contribution in [0.3, 0.4) is 0 Å². The number of nitrogens with one attached hydrogen (secondary N) is 1. The summed E-state index contributed by atoms with van der Waals surface area (Å²) in [5.74, 6) is -0.0367. The fourth-order valence-corrected chi connectivity index (χ4v) is 3.10. The molecule has 1 saturated carbocycles. The quantitative estimate of drug-likeness (QED) is 0.720. The van der Waals surface area contributed by atoms with Crippen LogP contribution in [0.5, 0.6) is 5.75 Å². The van der Waals surface area contributed by atoms with Crippen LogP contribution in [-0.2, 0) is 0 Å². The van der Waals surface area contributed by atoms with Crippen LogP contribution in [0.1, 0.15) is 32.6 Å². The van der Waals surface area contributed by atoms with Crippen LogP contribution in [0, 0.1) is 11.7 Å². The van der Waals surface area contributed by atoms with E-state index in [1.54, 1.807) is 12.4 Å². The molecule has 0 unspecified atom stereocenters. The van der Waals surface area contributed by atoms with Gasteiger partial charge in [0.25, 0.3) is 0 Å². The molecule has 1 heterocycles. The molecule has 146 valence electrons. The number of rotatable bonds is 5. The van der Waals surface area contributed by atoms with Gasteiger partial charge in [0, 0.05) is 24.0 Å². The summed E-state index contributed by atoms with van der Waals surface area (Å²) >= 11 is 0. The fourth-order valence-electron chi connectivity index (χ4n) is 3.10. The Balaban J connectivity index is 1.63. The molecule has 0 bridgehead atoms. The van der Waals surface area contributed by atoms with E-state index in [4.69, 9.17) is 0 Å². The number of alkyl halides is 3. The van der Waals surface area contributed by atoms with Gasteiger partial charge in [0.2, 0.25) is 5.95 Å². The van der Waals surface area contributed by atoms with Crippen LogP contribution < -0.4 is 10.1 Å². The Morgan fingerprint density at radius 2 is 1.74 bits per heavy atom. The van der Waals surface area contributed by atoms with Gasteiger partial charge in [0.05, 0.1) is 0 Å². The molecule has 1 aliphatic rings. The Hall–Kier alpha value is -2.38. The fraction of sp³-hybridized carbons (Fsp3) is 0.474. The molecular weight excluding hydrogens is 362 g/mol. The van der Waals surface area contributed by atoms with E-state index in [9.17, 15) is 17.6 Å². The van der Waals surface area contributed by atoms with Gasteiger partial charge < -0.3 is 10.1 Å². The van der Waals surface area contributed by atoms with Crippen molar-refractivity contribution < 1.29 is 22.3 Å². The molecule has 1 fully saturated rings. The SMILES string of the molecule is C[C@H]1CC[C@H](Nc2ncc(-c3ccc(OCC(F)(F)F)c(F)c3)cn2)CC1. The normalized spacial score (nSPS) is 20.3. The first-order valence-electron chi connectivity index (χ1n) is 8.88. The minimum atomic E-state index is -4.52. The van der Waals surface area contributed by atoms with E-state index in [0.717, 1.165) is 24.8 Å². The van der Waals surface area contributed by atoms with Gasteiger partial charge in [0.1, 0.15) is 0 Å². The molecule has 4 nitrogen and oxygen atoms in total. The summed E-state index contributed by atoms with van der Waals surface area (Å²) in [6, 6.07) is 4.11. The van der Waals surface area contributed by atoms with Crippen molar-refractivity contribution in [1.29, 1.82) is 0 Å². The van der Waals surface area contributed by atoms with Gasteiger partial charge in [-0.1, -0.05) is 13.0 Å². The van der Waals surface area contributed by atoms with Crippen molar-refractivity contribution in [1.82, 2.24) is 9.97 Å². The van der Waals surface area contributed by atoms with Crippen LogP contribution in [0.25, 0.3) is 11.1 Å². The molecule has 3 rings (SSSR count). The maximum absolute atomic E-state index is 14.0. The van der Waals surface area contributed by atoms with Crippen molar-refractivity contribution in [2.45, 2.75) is 44.8 Å². The molecule has 8 heteroatoms. The monoisotopic (exact) mass is 383 g/mol. The maximum Gasteiger partial charge on any atom is 0.422 e. The summed E-state index contributed by atoms with van der Waals surface area (Å²) < 4.78 is 55.0. The first-order valence-corrected chi connectivity index (χ1v) is 8.88.